The molecular formula is C22H25N5O3. The predicted molar refractivity (Wildman–Crippen MR) is 112 cm³/mol. The molecule has 4 rings (SSSR count). The quantitative estimate of drug-likeness (QED) is 0.790. The number of benzene rings is 1. The van der Waals surface area contributed by atoms with E-state index in [9.17, 15) is 14.4 Å². The van der Waals surface area contributed by atoms with Gasteiger partial charge in [0.1, 0.15) is 12.6 Å². The van der Waals surface area contributed by atoms with Gasteiger partial charge in [0, 0.05) is 18.1 Å². The summed E-state index contributed by atoms with van der Waals surface area (Å²) in [5.41, 5.74) is 2.47. The smallest absolute Gasteiger partial charge is 0.324 e. The molecule has 1 aromatic heterocycles. The van der Waals surface area contributed by atoms with Crippen LogP contribution in [0.5, 0.6) is 0 Å². The molecule has 3 heterocycles. The Morgan fingerprint density at radius 3 is 2.73 bits per heavy atom. The molecule has 30 heavy (non-hydrogen) atoms. The monoisotopic (exact) mass is 407 g/mol. The van der Waals surface area contributed by atoms with Gasteiger partial charge < -0.3 is 15.5 Å². The normalized spacial score (nSPS) is 21.4. The lowest BCUT2D eigenvalue weighted by atomic mass is 9.93. The van der Waals surface area contributed by atoms with Crippen LogP contribution in [0.1, 0.15) is 24.0 Å². The molecular weight excluding hydrogens is 382 g/mol. The van der Waals surface area contributed by atoms with E-state index in [-0.39, 0.29) is 30.9 Å². The van der Waals surface area contributed by atoms with Crippen LogP contribution in [0.2, 0.25) is 0 Å². The van der Waals surface area contributed by atoms with Gasteiger partial charge in [0.05, 0.1) is 12.6 Å². The number of rotatable bonds is 5. The van der Waals surface area contributed by atoms with E-state index in [2.05, 4.69) is 15.6 Å². The number of urea groups is 1. The van der Waals surface area contributed by atoms with Crippen molar-refractivity contribution in [2.24, 2.45) is 0 Å². The summed E-state index contributed by atoms with van der Waals surface area (Å²) in [6, 6.07) is 9.80. The van der Waals surface area contributed by atoms with Crippen molar-refractivity contribution in [2.75, 3.05) is 18.4 Å². The third-order valence-electron chi connectivity index (χ3n) is 5.66. The van der Waals surface area contributed by atoms with Gasteiger partial charge in [-0.1, -0.05) is 18.2 Å². The molecule has 2 atom stereocenters. The average Bonchev–Trinajstić information content (AvgIpc) is 2.76. The number of carbonyl (C=O) groups excluding carboxylic acids is 3. The summed E-state index contributed by atoms with van der Waals surface area (Å²) >= 11 is 0. The lowest BCUT2D eigenvalue weighted by Gasteiger charge is -2.46. The summed E-state index contributed by atoms with van der Waals surface area (Å²) in [6.45, 7) is 2.68. The third-order valence-corrected chi connectivity index (χ3v) is 5.66. The Bertz CT molecular complexity index is 949. The second kappa shape index (κ2) is 8.62. The molecule has 0 saturated carbocycles. The van der Waals surface area contributed by atoms with Crippen molar-refractivity contribution in [1.82, 2.24) is 20.1 Å². The molecule has 156 valence electrons. The average molecular weight is 407 g/mol. The van der Waals surface area contributed by atoms with Gasteiger partial charge in [0.25, 0.3) is 0 Å². The molecule has 2 aromatic rings. The van der Waals surface area contributed by atoms with Crippen LogP contribution >= 0.6 is 0 Å². The van der Waals surface area contributed by atoms with E-state index in [1.54, 1.807) is 24.5 Å². The van der Waals surface area contributed by atoms with Crippen molar-refractivity contribution < 1.29 is 14.4 Å². The Balaban J connectivity index is 1.55. The minimum atomic E-state index is -0.496. The van der Waals surface area contributed by atoms with Crippen molar-refractivity contribution >= 4 is 23.5 Å². The molecule has 2 N–H and O–H groups in total. The molecule has 8 heteroatoms. The van der Waals surface area contributed by atoms with Crippen LogP contribution in [0, 0.1) is 6.92 Å². The van der Waals surface area contributed by atoms with E-state index in [4.69, 9.17) is 0 Å². The van der Waals surface area contributed by atoms with Crippen molar-refractivity contribution in [1.29, 1.82) is 0 Å². The summed E-state index contributed by atoms with van der Waals surface area (Å²) in [6.07, 6.45) is 4.80. The fourth-order valence-corrected chi connectivity index (χ4v) is 4.08. The summed E-state index contributed by atoms with van der Waals surface area (Å²) in [4.78, 5) is 45.8. The molecule has 2 aliphatic heterocycles. The Morgan fingerprint density at radius 1 is 1.20 bits per heavy atom. The standard InChI is InChI=1S/C22H25N5O3/c1-15-5-2-3-6-17(15)25-19(28)14-26-18-7-4-10-24-20(18)21(29)27(22(26)30)13-16-8-11-23-12-9-16/h2-3,5-6,8-9,11-12,18,20,24H,4,7,10,13-14H2,1H3,(H,25,28). The second-order valence-corrected chi connectivity index (χ2v) is 7.69. The highest BCUT2D eigenvalue weighted by Crippen LogP contribution is 2.26. The number of fused-ring (bicyclic) bond motifs is 1. The molecule has 0 aliphatic carbocycles. The number of nitrogens with zero attached hydrogens (tertiary/aromatic N) is 3. The van der Waals surface area contributed by atoms with Gasteiger partial charge >= 0.3 is 6.03 Å². The zero-order valence-corrected chi connectivity index (χ0v) is 16.9. The number of hydrogen-bond acceptors (Lipinski definition) is 5. The minimum Gasteiger partial charge on any atom is -0.324 e. The topological polar surface area (TPSA) is 94.6 Å². The molecule has 8 nitrogen and oxygen atoms in total. The van der Waals surface area contributed by atoms with Gasteiger partial charge in [0.2, 0.25) is 11.8 Å². The van der Waals surface area contributed by atoms with Crippen LogP contribution in [0.3, 0.4) is 0 Å². The largest absolute Gasteiger partial charge is 0.327 e. The Morgan fingerprint density at radius 2 is 1.97 bits per heavy atom. The Kier molecular flexibility index (Phi) is 5.76. The number of aryl methyl sites for hydroxylation is 1. The highest BCUT2D eigenvalue weighted by molar-refractivity contribution is 6.03. The molecule has 4 amide bonds. The fraction of sp³-hybridized carbons (Fsp3) is 0.364. The maximum absolute atomic E-state index is 13.3. The van der Waals surface area contributed by atoms with Crippen LogP contribution in [0.15, 0.2) is 48.8 Å². The van der Waals surface area contributed by atoms with Crippen LogP contribution in [-0.4, -0.2) is 57.8 Å². The summed E-state index contributed by atoms with van der Waals surface area (Å²) in [5.74, 6) is -0.516. The molecule has 1 aromatic carbocycles. The first-order valence-electron chi connectivity index (χ1n) is 10.1. The van der Waals surface area contributed by atoms with Crippen LogP contribution < -0.4 is 10.6 Å². The van der Waals surface area contributed by atoms with Crippen molar-refractivity contribution in [2.45, 2.75) is 38.4 Å². The van der Waals surface area contributed by atoms with E-state index in [1.165, 1.54) is 9.80 Å². The Labute approximate surface area is 175 Å². The van der Waals surface area contributed by atoms with Gasteiger partial charge in [0.15, 0.2) is 0 Å². The number of carbonyl (C=O) groups is 3. The number of anilines is 1. The van der Waals surface area contributed by atoms with Crippen molar-refractivity contribution in [3.05, 3.63) is 59.9 Å². The predicted octanol–water partition coefficient (Wildman–Crippen LogP) is 1.91. The fourth-order valence-electron chi connectivity index (χ4n) is 4.08. The molecule has 0 radical (unpaired) electrons. The third kappa shape index (κ3) is 4.04. The Hall–Kier alpha value is -3.26. The first-order valence-corrected chi connectivity index (χ1v) is 10.1. The molecule has 2 aliphatic rings. The van der Waals surface area contributed by atoms with E-state index in [0.717, 1.165) is 23.2 Å². The lowest BCUT2D eigenvalue weighted by molar-refractivity contribution is -0.138. The molecule has 2 saturated heterocycles. The van der Waals surface area contributed by atoms with Crippen molar-refractivity contribution in [3.63, 3.8) is 0 Å². The summed E-state index contributed by atoms with van der Waals surface area (Å²) < 4.78 is 0. The molecule has 0 spiro atoms. The molecule has 2 fully saturated rings. The minimum absolute atomic E-state index is 0.101. The van der Waals surface area contributed by atoms with Crippen LogP contribution in [0.25, 0.3) is 0 Å². The number of pyridine rings is 1. The van der Waals surface area contributed by atoms with Crippen LogP contribution in [0.4, 0.5) is 10.5 Å². The number of nitrogens with one attached hydrogen (secondary N) is 2. The summed E-state index contributed by atoms with van der Waals surface area (Å²) in [7, 11) is 0. The van der Waals surface area contributed by atoms with Gasteiger partial charge in [-0.3, -0.25) is 19.5 Å². The second-order valence-electron chi connectivity index (χ2n) is 7.69. The zero-order chi connectivity index (χ0) is 21.1. The van der Waals surface area contributed by atoms with Gasteiger partial charge in [-0.15, -0.1) is 0 Å². The van der Waals surface area contributed by atoms with E-state index >= 15 is 0 Å². The lowest BCUT2D eigenvalue weighted by Crippen LogP contribution is -2.70. The highest BCUT2D eigenvalue weighted by atomic mass is 16.2. The van der Waals surface area contributed by atoms with Gasteiger partial charge in [-0.25, -0.2) is 4.79 Å². The molecule has 2 unspecified atom stereocenters. The highest BCUT2D eigenvalue weighted by Gasteiger charge is 2.47. The van der Waals surface area contributed by atoms with E-state index in [0.29, 0.717) is 13.0 Å². The van der Waals surface area contributed by atoms with Crippen molar-refractivity contribution in [3.8, 4) is 0 Å². The number of piperidine rings is 1. The zero-order valence-electron chi connectivity index (χ0n) is 16.9. The summed E-state index contributed by atoms with van der Waals surface area (Å²) in [5, 5.41) is 6.12. The van der Waals surface area contributed by atoms with E-state index < -0.39 is 12.1 Å². The molecule has 0 bridgehead atoms. The van der Waals surface area contributed by atoms with Gasteiger partial charge in [-0.2, -0.15) is 0 Å². The SMILES string of the molecule is Cc1ccccc1NC(=O)CN1C(=O)N(Cc2ccncc2)C(=O)C2NCCCC21. The first-order chi connectivity index (χ1) is 14.5. The number of aromatic nitrogens is 1. The van der Waals surface area contributed by atoms with E-state index in [1.807, 2.05) is 31.2 Å². The maximum Gasteiger partial charge on any atom is 0.327 e. The maximum atomic E-state index is 13.3. The number of hydrogen-bond donors (Lipinski definition) is 2. The number of para-hydroxylation sites is 1. The number of amides is 4. The first kappa shape index (κ1) is 20.0. The number of imide groups is 1. The van der Waals surface area contributed by atoms with Crippen LogP contribution in [-0.2, 0) is 16.1 Å². The van der Waals surface area contributed by atoms with Gasteiger partial charge in [-0.05, 0) is 55.6 Å².